The summed E-state index contributed by atoms with van der Waals surface area (Å²) in [5, 5.41) is 18.6. The predicted octanol–water partition coefficient (Wildman–Crippen LogP) is 1.06. The first kappa shape index (κ1) is 17.2. The molecule has 19 heavy (non-hydrogen) atoms. The molecule has 0 saturated heterocycles. The molecule has 0 radical (unpaired) electrons. The minimum atomic E-state index is -1.08. The van der Waals surface area contributed by atoms with E-state index in [0.717, 1.165) is 0 Å². The van der Waals surface area contributed by atoms with Gasteiger partial charge >= 0.3 is 5.97 Å². The van der Waals surface area contributed by atoms with Gasteiger partial charge in [-0.2, -0.15) is 0 Å². The number of hydrogen-bond donors (Lipinski definition) is 4. The quantitative estimate of drug-likeness (QED) is 0.276. The highest BCUT2D eigenvalue weighted by Gasteiger charge is 2.33. The summed E-state index contributed by atoms with van der Waals surface area (Å²) in [5.41, 5.74) is 1.99. The van der Waals surface area contributed by atoms with Crippen molar-refractivity contribution >= 4 is 5.97 Å². The third-order valence-corrected chi connectivity index (χ3v) is 2.64. The number of nitrogens with two attached hydrogens (primary N) is 1. The Morgan fingerprint density at radius 3 is 2.53 bits per heavy atom. The van der Waals surface area contributed by atoms with Crippen LogP contribution in [-0.2, 0) is 16.0 Å². The lowest BCUT2D eigenvalue weighted by atomic mass is 9.93. The fourth-order valence-corrected chi connectivity index (χ4v) is 1.56. The maximum Gasteiger partial charge on any atom is 0.327 e. The van der Waals surface area contributed by atoms with Crippen LogP contribution in [0.1, 0.15) is 26.8 Å². The molecule has 1 aromatic rings. The van der Waals surface area contributed by atoms with Gasteiger partial charge in [0.25, 0.3) is 0 Å². The van der Waals surface area contributed by atoms with Crippen LogP contribution in [0, 0.1) is 0 Å². The van der Waals surface area contributed by atoms with E-state index in [-0.39, 0.29) is 32.0 Å². The lowest BCUT2D eigenvalue weighted by Gasteiger charge is -2.26. The first-order valence-electron chi connectivity index (χ1n) is 5.59. The van der Waals surface area contributed by atoms with E-state index in [0.29, 0.717) is 5.56 Å². The van der Waals surface area contributed by atoms with Crippen LogP contribution in [0.15, 0.2) is 18.2 Å². The van der Waals surface area contributed by atoms with Crippen LogP contribution in [0.3, 0.4) is 0 Å². The summed E-state index contributed by atoms with van der Waals surface area (Å²) in [6.45, 7) is 3.58. The first-order valence-corrected chi connectivity index (χ1v) is 5.59. The van der Waals surface area contributed by atoms with Gasteiger partial charge in [0.2, 0.25) is 0 Å². The molecule has 0 amide bonds. The fraction of sp³-hybridized carbons (Fsp3) is 0.462. The summed E-state index contributed by atoms with van der Waals surface area (Å²) in [6.07, 6.45) is 0.232. The number of hydrazine groups is 1. The number of carbonyl (C=O) groups excluding carboxylic acids is 1. The van der Waals surface area contributed by atoms with E-state index in [1.165, 1.54) is 12.1 Å². The summed E-state index contributed by atoms with van der Waals surface area (Å²) in [4.78, 5) is 11.8. The van der Waals surface area contributed by atoms with E-state index < -0.39 is 11.5 Å². The Labute approximate surface area is 113 Å². The van der Waals surface area contributed by atoms with E-state index >= 15 is 0 Å². The van der Waals surface area contributed by atoms with Gasteiger partial charge in [0.15, 0.2) is 11.5 Å². The molecule has 1 atom stereocenters. The van der Waals surface area contributed by atoms with Crippen LogP contribution in [0.5, 0.6) is 11.5 Å². The first-order chi connectivity index (χ1) is 8.42. The topological polar surface area (TPSA) is 105 Å². The highest BCUT2D eigenvalue weighted by Crippen LogP contribution is 2.26. The molecular weight excluding hydrogens is 248 g/mol. The van der Waals surface area contributed by atoms with Crippen molar-refractivity contribution in [3.8, 4) is 11.5 Å². The Kier molecular flexibility index (Phi) is 6.31. The van der Waals surface area contributed by atoms with Gasteiger partial charge in [-0.15, -0.1) is 0 Å². The highest BCUT2D eigenvalue weighted by molar-refractivity contribution is 5.80. The fourth-order valence-electron chi connectivity index (χ4n) is 1.56. The minimum absolute atomic E-state index is 0. The summed E-state index contributed by atoms with van der Waals surface area (Å²) in [7, 11) is 0. The molecule has 0 heterocycles. The second-order valence-corrected chi connectivity index (χ2v) is 4.20. The summed E-state index contributed by atoms with van der Waals surface area (Å²) in [5.74, 6) is 4.47. The number of carbonyl (C=O) groups is 1. The van der Waals surface area contributed by atoms with E-state index in [4.69, 9.17) is 10.6 Å². The molecule has 1 aromatic carbocycles. The Bertz CT molecular complexity index is 437. The lowest BCUT2D eigenvalue weighted by Crippen LogP contribution is -2.55. The van der Waals surface area contributed by atoms with E-state index in [9.17, 15) is 15.0 Å². The van der Waals surface area contributed by atoms with Gasteiger partial charge in [-0.05, 0) is 31.5 Å². The van der Waals surface area contributed by atoms with Gasteiger partial charge in [0.05, 0.1) is 6.61 Å². The smallest absolute Gasteiger partial charge is 0.327 e. The van der Waals surface area contributed by atoms with Crippen molar-refractivity contribution in [3.63, 3.8) is 0 Å². The van der Waals surface area contributed by atoms with Crippen LogP contribution < -0.4 is 11.3 Å². The normalized spacial score (nSPS) is 13.2. The molecule has 5 N–H and O–H groups in total. The van der Waals surface area contributed by atoms with Crippen molar-refractivity contribution in [2.45, 2.75) is 33.2 Å². The largest absolute Gasteiger partial charge is 0.504 e. The predicted molar refractivity (Wildman–Crippen MR) is 72.6 cm³/mol. The molecule has 0 aromatic heterocycles. The molecule has 6 nitrogen and oxygen atoms in total. The zero-order valence-corrected chi connectivity index (χ0v) is 10.4. The molecule has 0 aliphatic carbocycles. The highest BCUT2D eigenvalue weighted by atomic mass is 16.5. The number of aromatic hydroxyl groups is 2. The molecule has 0 aliphatic rings. The van der Waals surface area contributed by atoms with Gasteiger partial charge in [0.1, 0.15) is 5.54 Å². The standard InChI is InChI=1S/C12H18N2O4.CH4/c1-3-18-11(17)12(2,14-13)7-8-4-5-9(15)10(16)6-8;/h4-6,14-16H,3,7,13H2,1-2H3;1H4. The van der Waals surface area contributed by atoms with Gasteiger partial charge < -0.3 is 14.9 Å². The number of esters is 1. The van der Waals surface area contributed by atoms with Crippen molar-refractivity contribution in [1.29, 1.82) is 0 Å². The van der Waals surface area contributed by atoms with Crippen LogP contribution in [0.25, 0.3) is 0 Å². The number of rotatable bonds is 5. The Morgan fingerprint density at radius 2 is 2.05 bits per heavy atom. The number of hydrogen-bond acceptors (Lipinski definition) is 6. The molecule has 6 heteroatoms. The second kappa shape index (κ2) is 6.96. The van der Waals surface area contributed by atoms with Crippen molar-refractivity contribution in [2.75, 3.05) is 6.61 Å². The third-order valence-electron chi connectivity index (χ3n) is 2.64. The molecule has 0 bridgehead atoms. The Balaban J connectivity index is 0.00000324. The lowest BCUT2D eigenvalue weighted by molar-refractivity contribution is -0.150. The van der Waals surface area contributed by atoms with E-state index in [1.807, 2.05) is 0 Å². The summed E-state index contributed by atoms with van der Waals surface area (Å²) in [6, 6.07) is 4.33. The number of ether oxygens (including phenoxy) is 1. The molecule has 108 valence electrons. The molecule has 1 rings (SSSR count). The summed E-state index contributed by atoms with van der Waals surface area (Å²) < 4.78 is 4.93. The Hall–Kier alpha value is -1.79. The average molecular weight is 270 g/mol. The van der Waals surface area contributed by atoms with Crippen molar-refractivity contribution in [2.24, 2.45) is 5.84 Å². The number of phenolic OH excluding ortho intramolecular Hbond substituents is 2. The van der Waals surface area contributed by atoms with Crippen LogP contribution in [-0.4, -0.2) is 28.3 Å². The SMILES string of the molecule is C.CCOC(=O)C(C)(Cc1ccc(O)c(O)c1)NN. The number of benzene rings is 1. The van der Waals surface area contributed by atoms with Crippen molar-refractivity contribution in [1.82, 2.24) is 5.43 Å². The van der Waals surface area contributed by atoms with Crippen LogP contribution >= 0.6 is 0 Å². The zero-order valence-electron chi connectivity index (χ0n) is 10.4. The van der Waals surface area contributed by atoms with Gasteiger partial charge in [-0.3, -0.25) is 5.84 Å². The summed E-state index contributed by atoms with van der Waals surface area (Å²) >= 11 is 0. The second-order valence-electron chi connectivity index (χ2n) is 4.20. The monoisotopic (exact) mass is 270 g/mol. The zero-order chi connectivity index (χ0) is 13.8. The Morgan fingerprint density at radius 1 is 1.42 bits per heavy atom. The van der Waals surface area contributed by atoms with Crippen LogP contribution in [0.2, 0.25) is 0 Å². The molecule has 0 aliphatic heterocycles. The molecule has 1 unspecified atom stereocenters. The number of phenols is 2. The van der Waals surface area contributed by atoms with Gasteiger partial charge in [-0.25, -0.2) is 10.2 Å². The maximum atomic E-state index is 11.8. The van der Waals surface area contributed by atoms with Crippen LogP contribution in [0.4, 0.5) is 0 Å². The molecule has 0 saturated carbocycles. The maximum absolute atomic E-state index is 11.8. The van der Waals surface area contributed by atoms with Gasteiger partial charge in [0, 0.05) is 6.42 Å². The van der Waals surface area contributed by atoms with E-state index in [2.05, 4.69) is 5.43 Å². The molecule has 0 fully saturated rings. The van der Waals surface area contributed by atoms with Crippen molar-refractivity contribution in [3.05, 3.63) is 23.8 Å². The molecule has 0 spiro atoms. The molecular formula is C13H22N2O4. The van der Waals surface area contributed by atoms with E-state index in [1.54, 1.807) is 19.9 Å². The third kappa shape index (κ3) is 4.11. The average Bonchev–Trinajstić information content (AvgIpc) is 2.34. The van der Waals surface area contributed by atoms with Crippen molar-refractivity contribution < 1.29 is 19.7 Å². The van der Waals surface area contributed by atoms with Gasteiger partial charge in [-0.1, -0.05) is 13.5 Å². The minimum Gasteiger partial charge on any atom is -0.504 e. The number of nitrogens with one attached hydrogen (secondary N) is 1.